The highest BCUT2D eigenvalue weighted by Crippen LogP contribution is 2.53. The van der Waals surface area contributed by atoms with Crippen LogP contribution in [0.5, 0.6) is 23.0 Å². The maximum atomic E-state index is 7.26. The molecule has 4 aromatic carbocycles. The Morgan fingerprint density at radius 1 is 0.266 bits per heavy atom. The monoisotopic (exact) mass is 911 g/mol. The Morgan fingerprint density at radius 2 is 0.438 bits per heavy atom. The van der Waals surface area contributed by atoms with Gasteiger partial charge in [-0.1, -0.05) is 215 Å². The van der Waals surface area contributed by atoms with Crippen LogP contribution >= 0.6 is 16.8 Å². The summed E-state index contributed by atoms with van der Waals surface area (Å²) in [5, 5.41) is 0. The minimum absolute atomic E-state index is 0.00529. The molecule has 0 bridgehead atoms. The van der Waals surface area contributed by atoms with Crippen molar-refractivity contribution in [3.05, 3.63) is 117 Å². The summed E-state index contributed by atoms with van der Waals surface area (Å²) in [4.78, 5) is 0. The Kier molecular flexibility index (Phi) is 15.8. The molecular formula is C58H88O4P2. The molecule has 64 heavy (non-hydrogen) atoms. The molecule has 0 fully saturated rings. The summed E-state index contributed by atoms with van der Waals surface area (Å²) < 4.78 is 29.1. The van der Waals surface area contributed by atoms with Crippen molar-refractivity contribution in [2.24, 2.45) is 0 Å². The Morgan fingerprint density at radius 3 is 0.578 bits per heavy atom. The van der Waals surface area contributed by atoms with E-state index in [0.29, 0.717) is 12.3 Å². The zero-order valence-corrected chi connectivity index (χ0v) is 46.7. The molecule has 0 spiro atoms. The van der Waals surface area contributed by atoms with E-state index >= 15 is 0 Å². The highest BCUT2D eigenvalue weighted by molar-refractivity contribution is 7.52. The normalized spacial score (nSPS) is 13.7. The zero-order valence-electron chi connectivity index (χ0n) is 44.9. The maximum Gasteiger partial charge on any atom is 0.290 e. The van der Waals surface area contributed by atoms with Crippen molar-refractivity contribution in [2.75, 3.05) is 12.3 Å². The van der Waals surface area contributed by atoms with Crippen LogP contribution in [0.2, 0.25) is 0 Å². The van der Waals surface area contributed by atoms with Crippen LogP contribution in [0, 0.1) is 0 Å². The Bertz CT molecular complexity index is 1900. The molecule has 0 saturated carbocycles. The third-order valence-electron chi connectivity index (χ3n) is 11.9. The first kappa shape index (κ1) is 53.6. The molecular weight excluding hydrogens is 823 g/mol. The minimum Gasteiger partial charge on any atom is -0.438 e. The molecule has 0 radical (unpaired) electrons. The molecule has 0 amide bonds. The first-order valence-corrected chi connectivity index (χ1v) is 26.4. The van der Waals surface area contributed by atoms with Crippen molar-refractivity contribution in [2.45, 2.75) is 209 Å². The van der Waals surface area contributed by atoms with Gasteiger partial charge in [-0.15, -0.1) is 0 Å². The Hall–Kier alpha value is -3.06. The van der Waals surface area contributed by atoms with E-state index in [9.17, 15) is 0 Å². The van der Waals surface area contributed by atoms with Gasteiger partial charge in [0.1, 0.15) is 23.0 Å². The third kappa shape index (κ3) is 14.2. The number of hydrogen-bond donors (Lipinski definition) is 0. The van der Waals surface area contributed by atoms with Crippen LogP contribution in [-0.4, -0.2) is 12.3 Å². The molecule has 0 unspecified atom stereocenters. The fourth-order valence-corrected chi connectivity index (χ4v) is 10.7. The zero-order chi connectivity index (χ0) is 48.8. The van der Waals surface area contributed by atoms with Gasteiger partial charge in [-0.25, -0.2) is 0 Å². The molecule has 4 aromatic rings. The Balaban J connectivity index is 1.93. The van der Waals surface area contributed by atoms with E-state index in [-0.39, 0.29) is 43.3 Å². The summed E-state index contributed by atoms with van der Waals surface area (Å²) in [5.41, 5.74) is 9.17. The second kappa shape index (κ2) is 18.9. The summed E-state index contributed by atoms with van der Waals surface area (Å²) in [5.74, 6) is 3.45. The van der Waals surface area contributed by atoms with Crippen molar-refractivity contribution < 1.29 is 18.1 Å². The summed E-state index contributed by atoms with van der Waals surface area (Å²) >= 11 is 0. The van der Waals surface area contributed by atoms with Crippen molar-refractivity contribution >= 4 is 16.8 Å². The fraction of sp³-hybridized carbons (Fsp3) is 0.586. The maximum absolute atomic E-state index is 7.26. The van der Waals surface area contributed by atoms with Crippen LogP contribution in [0.1, 0.15) is 211 Å². The van der Waals surface area contributed by atoms with Gasteiger partial charge in [0.2, 0.25) is 0 Å². The second-order valence-electron chi connectivity index (χ2n) is 26.3. The summed E-state index contributed by atoms with van der Waals surface area (Å²) in [6, 6.07) is 26.9. The SMILES string of the molecule is CC(C)(C)c1ccc(OP(CCP(Oc2ccc(C(C)(C)C)cc2C(C)(C)C)Oc2ccc(C(C)(C)C)cc2C(C)(C)C)Oc2ccc(C(C)(C)C)cc2C(C)(C)C)c(C(C)(C)C)c1. The van der Waals surface area contributed by atoms with E-state index in [2.05, 4.69) is 239 Å². The first-order chi connectivity index (χ1) is 28.8. The fourth-order valence-electron chi connectivity index (χ4n) is 7.47. The van der Waals surface area contributed by atoms with Gasteiger partial charge in [0.15, 0.2) is 0 Å². The lowest BCUT2D eigenvalue weighted by Gasteiger charge is -2.32. The highest BCUT2D eigenvalue weighted by atomic mass is 31.2. The molecule has 354 valence electrons. The summed E-state index contributed by atoms with van der Waals surface area (Å²) in [6.45, 7) is 54.5. The molecule has 0 saturated heterocycles. The van der Waals surface area contributed by atoms with Crippen molar-refractivity contribution in [3.8, 4) is 23.0 Å². The van der Waals surface area contributed by atoms with E-state index in [0.717, 1.165) is 23.0 Å². The molecule has 6 heteroatoms. The van der Waals surface area contributed by atoms with Crippen molar-refractivity contribution in [3.63, 3.8) is 0 Å². The summed E-state index contributed by atoms with van der Waals surface area (Å²) in [6.07, 6.45) is 1.18. The lowest BCUT2D eigenvalue weighted by Crippen LogP contribution is -2.20. The predicted molar refractivity (Wildman–Crippen MR) is 281 cm³/mol. The lowest BCUT2D eigenvalue weighted by molar-refractivity contribution is 0.449. The van der Waals surface area contributed by atoms with Gasteiger partial charge in [-0.05, 0) is 89.8 Å². The van der Waals surface area contributed by atoms with E-state index < -0.39 is 16.8 Å². The standard InChI is InChI=1S/C58H88O4P2/c1-51(2,3)39-25-29-47(43(35-39)55(13,14)15)59-63(60-48-30-26-40(52(4,5)6)36-44(48)56(16,17)18)33-34-64(61-49-31-27-41(53(7,8)9)37-45(49)57(19,20)21)62-50-32-28-42(54(10,11)12)38-46(50)58(22,23)24/h25-32,35-38H,33-34H2,1-24H3. The topological polar surface area (TPSA) is 36.9 Å². The molecule has 0 heterocycles. The van der Waals surface area contributed by atoms with Gasteiger partial charge >= 0.3 is 0 Å². The van der Waals surface area contributed by atoms with Gasteiger partial charge in [-0.3, -0.25) is 0 Å². The van der Waals surface area contributed by atoms with Crippen LogP contribution in [-0.2, 0) is 43.3 Å². The van der Waals surface area contributed by atoms with Crippen LogP contribution < -0.4 is 18.1 Å². The average molecular weight is 911 g/mol. The van der Waals surface area contributed by atoms with Gasteiger partial charge < -0.3 is 18.1 Å². The largest absolute Gasteiger partial charge is 0.438 e. The van der Waals surface area contributed by atoms with Crippen molar-refractivity contribution in [1.82, 2.24) is 0 Å². The Labute approximate surface area is 395 Å². The molecule has 0 aromatic heterocycles. The third-order valence-corrected chi connectivity index (χ3v) is 15.0. The van der Waals surface area contributed by atoms with Gasteiger partial charge in [0.05, 0.1) is 12.3 Å². The predicted octanol–water partition coefficient (Wildman–Crippen LogP) is 18.3. The second-order valence-corrected chi connectivity index (χ2v) is 29.3. The quantitative estimate of drug-likeness (QED) is 0.141. The van der Waals surface area contributed by atoms with Crippen LogP contribution in [0.25, 0.3) is 0 Å². The van der Waals surface area contributed by atoms with Crippen LogP contribution in [0.4, 0.5) is 0 Å². The molecule has 4 rings (SSSR count). The van der Waals surface area contributed by atoms with E-state index in [1.165, 1.54) is 44.5 Å². The average Bonchev–Trinajstić information content (AvgIpc) is 3.10. The molecule has 0 aliphatic heterocycles. The van der Waals surface area contributed by atoms with E-state index in [1.807, 2.05) is 0 Å². The number of hydrogen-bond acceptors (Lipinski definition) is 4. The molecule has 4 nitrogen and oxygen atoms in total. The number of rotatable bonds is 11. The first-order valence-electron chi connectivity index (χ1n) is 23.6. The molecule has 0 N–H and O–H groups in total. The summed E-state index contributed by atoms with van der Waals surface area (Å²) in [7, 11) is -3.09. The minimum atomic E-state index is -1.54. The van der Waals surface area contributed by atoms with Gasteiger partial charge in [-0.2, -0.15) is 0 Å². The van der Waals surface area contributed by atoms with E-state index in [1.54, 1.807) is 0 Å². The number of benzene rings is 4. The smallest absolute Gasteiger partial charge is 0.290 e. The molecule has 0 aliphatic rings. The van der Waals surface area contributed by atoms with Gasteiger partial charge in [0.25, 0.3) is 16.8 Å². The molecule has 0 aliphatic carbocycles. The molecule has 0 atom stereocenters. The van der Waals surface area contributed by atoms with Gasteiger partial charge in [0, 0.05) is 22.3 Å². The van der Waals surface area contributed by atoms with Crippen LogP contribution in [0.3, 0.4) is 0 Å². The highest BCUT2D eigenvalue weighted by Gasteiger charge is 2.33. The van der Waals surface area contributed by atoms with Crippen LogP contribution in [0.15, 0.2) is 72.8 Å². The van der Waals surface area contributed by atoms with E-state index in [4.69, 9.17) is 18.1 Å². The van der Waals surface area contributed by atoms with Crippen molar-refractivity contribution in [1.29, 1.82) is 0 Å². The lowest BCUT2D eigenvalue weighted by atomic mass is 9.80.